The summed E-state index contributed by atoms with van der Waals surface area (Å²) in [5.74, 6) is -2.00. The number of aryl methyl sites for hydroxylation is 1. The Morgan fingerprint density at radius 2 is 1.44 bits per heavy atom. The molecule has 0 aliphatic carbocycles. The monoisotopic (exact) mass is 472 g/mol. The fraction of sp³-hybridized carbons (Fsp3) is 0.111. The zero-order valence-corrected chi connectivity index (χ0v) is 17.5. The van der Waals surface area contributed by atoms with Crippen LogP contribution in [0, 0.1) is 35.1 Å². The molecule has 4 aromatic rings. The largest absolute Gasteiger partial charge is 0.458 e. The number of alkyl halides is 3. The van der Waals surface area contributed by atoms with Crippen LogP contribution < -0.4 is 0 Å². The first-order chi connectivity index (χ1) is 16.1. The number of rotatable bonds is 4. The summed E-state index contributed by atoms with van der Waals surface area (Å²) >= 11 is 0. The van der Waals surface area contributed by atoms with Crippen molar-refractivity contribution in [2.75, 3.05) is 0 Å². The lowest BCUT2D eigenvalue weighted by Gasteiger charge is -2.12. The van der Waals surface area contributed by atoms with Crippen LogP contribution in [-0.4, -0.2) is 6.18 Å². The van der Waals surface area contributed by atoms with Crippen LogP contribution in [0.25, 0.3) is 32.7 Å². The molecule has 0 bridgehead atoms. The summed E-state index contributed by atoms with van der Waals surface area (Å²) in [4.78, 5) is 0. The lowest BCUT2D eigenvalue weighted by atomic mass is 9.95. The summed E-state index contributed by atoms with van der Waals surface area (Å²) in [5, 5.41) is 0.230. The van der Waals surface area contributed by atoms with Crippen LogP contribution in [-0.2, 0) is 6.42 Å². The molecule has 0 N–H and O–H groups in total. The number of allylic oxidation sites excluding steroid dienone is 1. The number of hydrogen-bond donors (Lipinski definition) is 0. The van der Waals surface area contributed by atoms with Gasteiger partial charge in [-0.15, -0.1) is 6.58 Å². The van der Waals surface area contributed by atoms with E-state index >= 15 is 4.39 Å². The van der Waals surface area contributed by atoms with Gasteiger partial charge >= 0.3 is 6.18 Å². The van der Waals surface area contributed by atoms with E-state index in [0.29, 0.717) is 18.2 Å². The van der Waals surface area contributed by atoms with Crippen LogP contribution in [0.3, 0.4) is 0 Å². The smallest absolute Gasteiger partial charge is 0.206 e. The van der Waals surface area contributed by atoms with Crippen molar-refractivity contribution in [2.45, 2.75) is 19.0 Å². The van der Waals surface area contributed by atoms with E-state index in [0.717, 1.165) is 23.6 Å². The quantitative estimate of drug-likeness (QED) is 0.159. The molecule has 0 amide bonds. The third-order valence-electron chi connectivity index (χ3n) is 5.38. The zero-order valence-electron chi connectivity index (χ0n) is 17.5. The minimum absolute atomic E-state index is 0.0214. The third kappa shape index (κ3) is 4.49. The Kier molecular flexibility index (Phi) is 6.09. The van der Waals surface area contributed by atoms with Crippen LogP contribution in [0.15, 0.2) is 61.2 Å². The number of hydrogen-bond acceptors (Lipinski definition) is 0. The van der Waals surface area contributed by atoms with E-state index in [1.54, 1.807) is 18.2 Å². The highest BCUT2D eigenvalue weighted by Gasteiger charge is 2.24. The Balaban J connectivity index is 1.84. The number of halogens is 7. The molecule has 0 radical (unpaired) electrons. The van der Waals surface area contributed by atoms with E-state index in [2.05, 4.69) is 6.58 Å². The number of fused-ring (bicyclic) bond motifs is 2. The van der Waals surface area contributed by atoms with Gasteiger partial charge in [-0.2, -0.15) is 13.2 Å². The van der Waals surface area contributed by atoms with Gasteiger partial charge in [-0.1, -0.05) is 42.3 Å². The summed E-state index contributed by atoms with van der Waals surface area (Å²) in [5.41, 5.74) is -0.504. The maximum Gasteiger partial charge on any atom is 0.458 e. The molecule has 7 heteroatoms. The predicted molar refractivity (Wildman–Crippen MR) is 118 cm³/mol. The van der Waals surface area contributed by atoms with E-state index in [4.69, 9.17) is 0 Å². The van der Waals surface area contributed by atoms with Crippen molar-refractivity contribution in [1.82, 2.24) is 0 Å². The van der Waals surface area contributed by atoms with Crippen molar-refractivity contribution >= 4 is 21.5 Å². The van der Waals surface area contributed by atoms with Crippen LogP contribution in [0.2, 0.25) is 0 Å². The van der Waals surface area contributed by atoms with Crippen LogP contribution in [0.4, 0.5) is 30.7 Å². The molecule has 0 spiro atoms. The van der Waals surface area contributed by atoms with Crippen molar-refractivity contribution in [3.63, 3.8) is 0 Å². The Hall–Kier alpha value is -3.79. The highest BCUT2D eigenvalue weighted by Crippen LogP contribution is 2.35. The molecule has 4 aromatic carbocycles. The summed E-state index contributed by atoms with van der Waals surface area (Å²) in [6, 6.07) is 10.4. The molecule has 0 heterocycles. The first-order valence-electron chi connectivity index (χ1n) is 10.1. The second kappa shape index (κ2) is 8.86. The van der Waals surface area contributed by atoms with Gasteiger partial charge in [0.15, 0.2) is 0 Å². The Bertz CT molecular complexity index is 1500. The minimum Gasteiger partial charge on any atom is -0.206 e. The van der Waals surface area contributed by atoms with Gasteiger partial charge in [0.25, 0.3) is 0 Å². The zero-order chi connectivity index (χ0) is 24.6. The maximum absolute atomic E-state index is 15.3. The molecular formula is C27H15F7. The maximum atomic E-state index is 15.3. The second-order valence-electron chi connectivity index (χ2n) is 7.66. The van der Waals surface area contributed by atoms with Crippen LogP contribution in [0.1, 0.15) is 17.5 Å². The molecule has 0 nitrogen and oxygen atoms in total. The summed E-state index contributed by atoms with van der Waals surface area (Å²) < 4.78 is 96.2. The second-order valence-corrected chi connectivity index (χ2v) is 7.66. The summed E-state index contributed by atoms with van der Waals surface area (Å²) in [6.07, 6.45) is -1.80. The highest BCUT2D eigenvalue weighted by atomic mass is 19.4. The van der Waals surface area contributed by atoms with Gasteiger partial charge in [0, 0.05) is 16.7 Å². The van der Waals surface area contributed by atoms with E-state index < -0.39 is 35.0 Å². The first kappa shape index (κ1) is 23.4. The van der Waals surface area contributed by atoms with Crippen molar-refractivity contribution in [2.24, 2.45) is 0 Å². The molecular weight excluding hydrogens is 457 g/mol. The molecule has 0 saturated carbocycles. The summed E-state index contributed by atoms with van der Waals surface area (Å²) in [6.45, 7) is 3.65. The fourth-order valence-corrected chi connectivity index (χ4v) is 3.80. The molecule has 0 aromatic heterocycles. The van der Waals surface area contributed by atoms with E-state index in [-0.39, 0.29) is 27.3 Å². The van der Waals surface area contributed by atoms with Crippen molar-refractivity contribution in [1.29, 1.82) is 0 Å². The normalized spacial score (nSPS) is 11.5. The molecule has 0 fully saturated rings. The SMILES string of the molecule is C=CCCc1ccc2c(F)c(-c3ccc4c(F)c(C#CC(F)(F)F)c(F)cc4c3)c(F)cc2c1. The standard InChI is InChI=1S/C27H15F7/c1-2-3-4-15-5-7-20-17(11-15)14-23(29)24(26(20)31)16-6-8-19-18(12-16)13-22(28)21(25(19)30)9-10-27(32,33)34/h2,5-8,11-14H,1,3-4H2. The van der Waals surface area contributed by atoms with Gasteiger partial charge in [0.2, 0.25) is 0 Å². The van der Waals surface area contributed by atoms with Crippen LogP contribution in [0.5, 0.6) is 0 Å². The van der Waals surface area contributed by atoms with Gasteiger partial charge in [0.05, 0.1) is 11.1 Å². The Labute approximate surface area is 190 Å². The Morgan fingerprint density at radius 1 is 0.794 bits per heavy atom. The minimum atomic E-state index is -4.92. The average Bonchev–Trinajstić information content (AvgIpc) is 2.76. The molecule has 0 unspecified atom stereocenters. The molecule has 0 aliphatic heterocycles. The summed E-state index contributed by atoms with van der Waals surface area (Å²) in [7, 11) is 0. The molecule has 0 aliphatic rings. The van der Waals surface area contributed by atoms with E-state index in [1.807, 2.05) is 0 Å². The molecule has 34 heavy (non-hydrogen) atoms. The number of benzene rings is 4. The van der Waals surface area contributed by atoms with Gasteiger partial charge in [0.1, 0.15) is 23.3 Å². The van der Waals surface area contributed by atoms with Crippen LogP contribution >= 0.6 is 0 Å². The van der Waals surface area contributed by atoms with Crippen molar-refractivity contribution in [3.8, 4) is 23.0 Å². The van der Waals surface area contributed by atoms with Gasteiger partial charge in [-0.05, 0) is 52.9 Å². The molecule has 4 rings (SSSR count). The third-order valence-corrected chi connectivity index (χ3v) is 5.38. The Morgan fingerprint density at radius 3 is 2.15 bits per heavy atom. The van der Waals surface area contributed by atoms with Gasteiger partial charge in [-0.3, -0.25) is 0 Å². The van der Waals surface area contributed by atoms with Crippen molar-refractivity contribution < 1.29 is 30.7 Å². The van der Waals surface area contributed by atoms with E-state index in [1.165, 1.54) is 30.2 Å². The average molecular weight is 472 g/mol. The molecule has 0 saturated heterocycles. The first-order valence-corrected chi connectivity index (χ1v) is 10.1. The van der Waals surface area contributed by atoms with Gasteiger partial charge in [-0.25, -0.2) is 17.6 Å². The lowest BCUT2D eigenvalue weighted by Crippen LogP contribution is -2.02. The van der Waals surface area contributed by atoms with Crippen molar-refractivity contribution in [3.05, 3.63) is 95.6 Å². The molecule has 172 valence electrons. The molecule has 0 atom stereocenters. The van der Waals surface area contributed by atoms with Gasteiger partial charge < -0.3 is 0 Å². The lowest BCUT2D eigenvalue weighted by molar-refractivity contribution is -0.0696. The fourth-order valence-electron chi connectivity index (χ4n) is 3.80. The topological polar surface area (TPSA) is 0 Å². The predicted octanol–water partition coefficient (Wildman–Crippen LogP) is 8.25. The van der Waals surface area contributed by atoms with E-state index in [9.17, 15) is 26.3 Å². The highest BCUT2D eigenvalue weighted by molar-refractivity contribution is 5.93.